The Labute approximate surface area is 295 Å². The molecule has 1 aromatic carbocycles. The number of benzene rings is 1. The fraction of sp³-hybridized carbons (Fsp3) is 0.486. The number of H-pyrrole nitrogens is 1. The number of aromatic amines is 1. The van der Waals surface area contributed by atoms with Crippen LogP contribution in [0.15, 0.2) is 59.6 Å². The number of amides is 4. The van der Waals surface area contributed by atoms with E-state index < -0.39 is 52.5 Å². The number of aromatic nitrogens is 1. The second kappa shape index (κ2) is 19.4. The topological polar surface area (TPSA) is 193 Å². The van der Waals surface area contributed by atoms with Gasteiger partial charge >= 0.3 is 6.09 Å². The van der Waals surface area contributed by atoms with Gasteiger partial charge in [0.25, 0.3) is 11.5 Å². The van der Waals surface area contributed by atoms with Crippen molar-refractivity contribution >= 4 is 51.4 Å². The van der Waals surface area contributed by atoms with Gasteiger partial charge in [0.15, 0.2) is 5.78 Å². The van der Waals surface area contributed by atoms with Crippen molar-refractivity contribution in [1.82, 2.24) is 25.2 Å². The van der Waals surface area contributed by atoms with Crippen LogP contribution in [-0.4, -0.2) is 86.8 Å². The van der Waals surface area contributed by atoms with Gasteiger partial charge < -0.3 is 30.0 Å². The second-order valence-electron chi connectivity index (χ2n) is 12.9. The fourth-order valence-corrected chi connectivity index (χ4v) is 5.67. The van der Waals surface area contributed by atoms with Crippen LogP contribution in [0.25, 0.3) is 10.8 Å². The number of allylic oxidation sites excluding steroid dienone is 2. The van der Waals surface area contributed by atoms with Crippen LogP contribution in [-0.2, 0) is 34.9 Å². The number of pyridine rings is 1. The van der Waals surface area contributed by atoms with E-state index in [0.717, 1.165) is 29.6 Å². The maximum absolute atomic E-state index is 12.7. The number of hydrogen-bond acceptors (Lipinski definition) is 9. The molecule has 0 radical (unpaired) electrons. The number of alkyl carbamates (subject to hydrolysis) is 1. The molecule has 3 atom stereocenters. The summed E-state index contributed by atoms with van der Waals surface area (Å²) in [5.74, 6) is -0.646. The molecular formula is C35H49N5O9S. The normalized spacial score (nSPS) is 16.1. The molecular weight excluding hydrogens is 666 g/mol. The van der Waals surface area contributed by atoms with E-state index in [4.69, 9.17) is 9.47 Å². The van der Waals surface area contributed by atoms with Gasteiger partial charge in [0.1, 0.15) is 41.0 Å². The summed E-state index contributed by atoms with van der Waals surface area (Å²) < 4.78 is 24.4. The first kappa shape index (κ1) is 41.4. The maximum atomic E-state index is 12.7. The molecule has 15 heteroatoms. The smallest absolute Gasteiger partial charge is 0.408 e. The van der Waals surface area contributed by atoms with Gasteiger partial charge in [-0.05, 0) is 103 Å². The van der Waals surface area contributed by atoms with Crippen LogP contribution in [0.2, 0.25) is 0 Å². The minimum Gasteiger partial charge on any atom is -0.497 e. The Kier molecular flexibility index (Phi) is 16.1. The van der Waals surface area contributed by atoms with E-state index in [1.165, 1.54) is 11.0 Å². The first-order valence-corrected chi connectivity index (χ1v) is 17.4. The van der Waals surface area contributed by atoms with Crippen molar-refractivity contribution in [2.45, 2.75) is 90.2 Å². The van der Waals surface area contributed by atoms with Crippen LogP contribution in [0.1, 0.15) is 67.2 Å². The molecule has 0 spiro atoms. The molecule has 50 heavy (non-hydrogen) atoms. The number of nitrogens with zero attached hydrogens (tertiary/aromatic N) is 1. The molecule has 1 aliphatic carbocycles. The van der Waals surface area contributed by atoms with Crippen molar-refractivity contribution in [1.29, 1.82) is 0 Å². The number of carbonyl (C=O) groups is 5. The third-order valence-electron chi connectivity index (χ3n) is 6.98. The lowest BCUT2D eigenvalue weighted by Gasteiger charge is -2.26. The average molecular weight is 716 g/mol. The predicted molar refractivity (Wildman–Crippen MR) is 192 cm³/mol. The van der Waals surface area contributed by atoms with Gasteiger partial charge in [-0.15, -0.1) is 6.58 Å². The van der Waals surface area contributed by atoms with Crippen LogP contribution in [0.4, 0.5) is 4.79 Å². The van der Waals surface area contributed by atoms with Crippen molar-refractivity contribution < 1.29 is 37.7 Å². The summed E-state index contributed by atoms with van der Waals surface area (Å²) in [4.78, 5) is 74.6. The third-order valence-corrected chi connectivity index (χ3v) is 8.45. The highest BCUT2D eigenvalue weighted by Gasteiger charge is 2.36. The second-order valence-corrected chi connectivity index (χ2v) is 14.3. The number of methoxy groups -OCH3 is 1. The molecule has 1 saturated carbocycles. The van der Waals surface area contributed by atoms with E-state index in [2.05, 4.69) is 26.9 Å². The van der Waals surface area contributed by atoms with Crippen LogP contribution < -0.4 is 25.7 Å². The predicted octanol–water partition coefficient (Wildman–Crippen LogP) is 3.19. The number of hydrogen-bond donors (Lipinski definition) is 4. The lowest BCUT2D eigenvalue weighted by Crippen LogP contribution is -2.54. The molecule has 274 valence electrons. The van der Waals surface area contributed by atoms with Gasteiger partial charge in [-0.3, -0.25) is 28.7 Å². The molecule has 4 rings (SSSR count). The van der Waals surface area contributed by atoms with E-state index in [-0.39, 0.29) is 23.1 Å². The summed E-state index contributed by atoms with van der Waals surface area (Å²) in [6.07, 6.45) is 6.43. The zero-order valence-corrected chi connectivity index (χ0v) is 30.6. The minimum atomic E-state index is -1.47. The zero-order chi connectivity index (χ0) is 37.6. The highest BCUT2D eigenvalue weighted by Crippen LogP contribution is 2.25. The van der Waals surface area contributed by atoms with Gasteiger partial charge in [0.05, 0.1) is 12.4 Å². The number of ketones is 1. The molecule has 4 N–H and O–H groups in total. The number of fused-ring (bicyclic) bond motifs is 1. The van der Waals surface area contributed by atoms with E-state index in [1.807, 2.05) is 26.0 Å². The van der Waals surface area contributed by atoms with Crippen molar-refractivity contribution in [3.8, 4) is 5.75 Å². The highest BCUT2D eigenvalue weighted by molar-refractivity contribution is 7.84. The Morgan fingerprint density at radius 3 is 2.32 bits per heavy atom. The molecule has 4 amide bonds. The van der Waals surface area contributed by atoms with E-state index >= 15 is 0 Å². The zero-order valence-electron chi connectivity index (χ0n) is 29.8. The summed E-state index contributed by atoms with van der Waals surface area (Å²) in [6, 6.07) is 5.40. The summed E-state index contributed by atoms with van der Waals surface area (Å²) in [5, 5.41) is 6.47. The summed E-state index contributed by atoms with van der Waals surface area (Å²) in [7, 11) is 0.132. The van der Waals surface area contributed by atoms with Crippen LogP contribution in [0.3, 0.4) is 0 Å². The number of ether oxygens (including phenoxy) is 2. The molecule has 3 unspecified atom stereocenters. The largest absolute Gasteiger partial charge is 0.497 e. The van der Waals surface area contributed by atoms with Gasteiger partial charge in [0, 0.05) is 18.1 Å². The summed E-state index contributed by atoms with van der Waals surface area (Å²) in [6.45, 7) is 14.1. The van der Waals surface area contributed by atoms with E-state index in [9.17, 15) is 33.0 Å². The van der Waals surface area contributed by atoms with Gasteiger partial charge in [-0.25, -0.2) is 9.00 Å². The first-order chi connectivity index (χ1) is 23.4. The third kappa shape index (κ3) is 14.4. The Bertz CT molecular complexity index is 1660. The van der Waals surface area contributed by atoms with Crippen molar-refractivity contribution in [2.75, 3.05) is 20.2 Å². The minimum absolute atomic E-state index is 0.0319. The van der Waals surface area contributed by atoms with Crippen molar-refractivity contribution in [3.05, 3.63) is 65.1 Å². The standard InChI is InChI=1S/C19H30N4O6S.C10H9NO2.C6H10O/c1-5-13(16(25)22-30(28)12-8-9-12)21-17(26)14-7-6-10-23(14)15(24)11-20-18(27)29-19(2,3)4;1-13-8-2-3-9-7(6-8)4-5-11-10(9)12;1-5(2)4-6(3)7/h5,12-14H,1,6-11H2,2-4H3,(H,20,27)(H,21,26)(H,22,25);2-6H,1H3,(H,11,12);4H,1-3H3. The summed E-state index contributed by atoms with van der Waals surface area (Å²) in [5.41, 5.74) is 0.305. The van der Waals surface area contributed by atoms with Gasteiger partial charge in [-0.2, -0.15) is 0 Å². The van der Waals surface area contributed by atoms with Gasteiger partial charge in [-0.1, -0.05) is 11.6 Å². The van der Waals surface area contributed by atoms with Crippen LogP contribution in [0.5, 0.6) is 5.75 Å². The van der Waals surface area contributed by atoms with E-state index in [1.54, 1.807) is 59.2 Å². The lowest BCUT2D eigenvalue weighted by atomic mass is 10.1. The van der Waals surface area contributed by atoms with Crippen molar-refractivity contribution in [2.24, 2.45) is 0 Å². The summed E-state index contributed by atoms with van der Waals surface area (Å²) >= 11 is 0. The average Bonchev–Trinajstić information content (AvgIpc) is 3.77. The van der Waals surface area contributed by atoms with E-state index in [0.29, 0.717) is 24.8 Å². The SMILES string of the molecule is C=CC(NC(=O)C1CCCN1C(=O)CNC(=O)OC(C)(C)C)C(=O)NS(=O)C1CC1.CC(=O)C=C(C)C.COc1ccc2c(=O)[nH]ccc2c1. The molecule has 14 nitrogen and oxygen atoms in total. The number of rotatable bonds is 10. The Morgan fingerprint density at radius 1 is 1.10 bits per heavy atom. The van der Waals surface area contributed by atoms with Gasteiger partial charge in [0.2, 0.25) is 11.8 Å². The Balaban J connectivity index is 0.000000352. The number of likely N-dealkylation sites (tertiary alicyclic amines) is 1. The number of nitrogens with one attached hydrogen (secondary N) is 4. The molecule has 1 aromatic heterocycles. The monoisotopic (exact) mass is 715 g/mol. The molecule has 2 aliphatic rings. The molecule has 1 aliphatic heterocycles. The molecule has 0 bridgehead atoms. The quantitative estimate of drug-likeness (QED) is 0.211. The first-order valence-electron chi connectivity index (χ1n) is 16.2. The maximum Gasteiger partial charge on any atom is 0.408 e. The Morgan fingerprint density at radius 2 is 1.78 bits per heavy atom. The van der Waals surface area contributed by atoms with Crippen molar-refractivity contribution in [3.63, 3.8) is 0 Å². The molecule has 2 fully saturated rings. The lowest BCUT2D eigenvalue weighted by molar-refractivity contribution is -0.138. The number of carbonyl (C=O) groups excluding carboxylic acids is 5. The molecule has 1 saturated heterocycles. The van der Waals surface area contributed by atoms with Crippen LogP contribution >= 0.6 is 0 Å². The molecule has 2 heterocycles. The Hall–Kier alpha value is -4.79. The molecule has 2 aromatic rings. The fourth-order valence-electron chi connectivity index (χ4n) is 4.61. The highest BCUT2D eigenvalue weighted by atomic mass is 32.2. The van der Waals surface area contributed by atoms with Crippen LogP contribution in [0, 0.1) is 0 Å².